The van der Waals surface area contributed by atoms with Gasteiger partial charge >= 0.3 is 11.9 Å². The molecular weight excluding hydrogens is 520 g/mol. The van der Waals surface area contributed by atoms with Gasteiger partial charge in [-0.1, -0.05) is 20.4 Å². The molecule has 2 rings (SSSR count). The van der Waals surface area contributed by atoms with E-state index < -0.39 is 49.3 Å². The molecule has 0 aliphatic rings. The number of aldehydes is 1. The molecule has 2 aromatic rings. The second kappa shape index (κ2) is 14.5. The van der Waals surface area contributed by atoms with Crippen LogP contribution in [0.1, 0.15) is 63.6 Å². The van der Waals surface area contributed by atoms with Crippen LogP contribution in [-0.4, -0.2) is 77.4 Å². The van der Waals surface area contributed by atoms with Crippen molar-refractivity contribution in [2.45, 2.75) is 38.5 Å². The third kappa shape index (κ3) is 9.05. The normalized spacial score (nSPS) is 10.9. The van der Waals surface area contributed by atoms with E-state index in [9.17, 15) is 31.9 Å². The Labute approximate surface area is 215 Å². The average molecular weight is 546 g/mol. The molecule has 11 nitrogen and oxygen atoms in total. The molecule has 0 fully saturated rings. The number of esters is 2. The summed E-state index contributed by atoms with van der Waals surface area (Å²) in [6, 6.07) is 0. The topological polar surface area (TPSA) is 140 Å². The number of methoxy groups -OCH3 is 2. The van der Waals surface area contributed by atoms with Crippen molar-refractivity contribution in [1.82, 2.24) is 19.9 Å². The lowest BCUT2D eigenvalue weighted by Gasteiger charge is -2.16. The maximum atomic E-state index is 13.1. The Bertz CT molecular complexity index is 1050. The molecule has 208 valence electrons. The zero-order valence-electron chi connectivity index (χ0n) is 21.0. The minimum Gasteiger partial charge on any atom is -0.471 e. The summed E-state index contributed by atoms with van der Waals surface area (Å²) < 4.78 is 71.1. The smallest absolute Gasteiger partial charge is 0.345 e. The van der Waals surface area contributed by atoms with E-state index in [1.54, 1.807) is 0 Å². The van der Waals surface area contributed by atoms with Gasteiger partial charge in [0.15, 0.2) is 25.1 Å². The zero-order valence-corrected chi connectivity index (χ0v) is 21.0. The highest BCUT2D eigenvalue weighted by molar-refractivity contribution is 5.99. The monoisotopic (exact) mass is 546 g/mol. The lowest BCUT2D eigenvalue weighted by atomic mass is 10.2. The summed E-state index contributed by atoms with van der Waals surface area (Å²) in [6.45, 7) is 4.27. The number of carbonyl (C=O) groups is 3. The molecule has 0 radical (unpaired) electrons. The summed E-state index contributed by atoms with van der Waals surface area (Å²) in [4.78, 5) is 48.4. The Hall–Kier alpha value is -4.17. The van der Waals surface area contributed by atoms with Crippen LogP contribution in [0.3, 0.4) is 0 Å². The van der Waals surface area contributed by atoms with Gasteiger partial charge in [-0.3, -0.25) is 4.79 Å². The van der Waals surface area contributed by atoms with E-state index in [-0.39, 0.29) is 34.8 Å². The molecule has 0 aliphatic carbocycles. The molecule has 0 unspecified atom stereocenters. The first kappa shape index (κ1) is 31.9. The highest BCUT2D eigenvalue weighted by atomic mass is 19.3. The van der Waals surface area contributed by atoms with Crippen LogP contribution >= 0.6 is 0 Å². The van der Waals surface area contributed by atoms with E-state index in [0.717, 1.165) is 26.9 Å². The van der Waals surface area contributed by atoms with Gasteiger partial charge in [0, 0.05) is 12.8 Å². The number of nitrogens with zero attached hydrogens (tertiary/aromatic N) is 4. The maximum Gasteiger partial charge on any atom is 0.345 e. The molecule has 0 saturated heterocycles. The number of rotatable bonds is 12. The van der Waals surface area contributed by atoms with Gasteiger partial charge in [0.25, 0.3) is 11.8 Å². The van der Waals surface area contributed by atoms with E-state index in [2.05, 4.69) is 36.0 Å². The zero-order chi connectivity index (χ0) is 28.9. The van der Waals surface area contributed by atoms with Crippen LogP contribution in [0, 0.1) is 0 Å². The Kier molecular flexibility index (Phi) is 12.2. The average Bonchev–Trinajstić information content (AvgIpc) is 2.93. The number of carbonyl (C=O) groups excluding carboxylic acids is 3. The van der Waals surface area contributed by atoms with E-state index >= 15 is 0 Å². The Morgan fingerprint density at radius 2 is 1.21 bits per heavy atom. The van der Waals surface area contributed by atoms with E-state index in [4.69, 9.17) is 9.47 Å². The standard InChI is InChI=1S/C12H14F2N2O3.C11H12F2N2O4/c1-4-8-9(11(17)18-3)10(16-7-15-8)19-6-12(13,14)5-2;1-3-11(12,13)5-19-9-8(10(17)18-2)7(4-16)14-6-15-9/h4,7H,1,5-6H2,2-3H3;4,6H,3,5H2,1-2H3. The van der Waals surface area contributed by atoms with Gasteiger partial charge < -0.3 is 18.9 Å². The van der Waals surface area contributed by atoms with Crippen molar-refractivity contribution in [3.8, 4) is 11.8 Å². The molecule has 2 aromatic heterocycles. The quantitative estimate of drug-likeness (QED) is 0.218. The van der Waals surface area contributed by atoms with E-state index in [1.165, 1.54) is 19.9 Å². The molecule has 38 heavy (non-hydrogen) atoms. The fourth-order valence-electron chi connectivity index (χ4n) is 2.37. The van der Waals surface area contributed by atoms with Crippen LogP contribution < -0.4 is 9.47 Å². The Morgan fingerprint density at radius 3 is 1.55 bits per heavy atom. The number of aromatic nitrogens is 4. The fraction of sp³-hybridized carbons (Fsp3) is 0.435. The Morgan fingerprint density at radius 1 is 0.816 bits per heavy atom. The summed E-state index contributed by atoms with van der Waals surface area (Å²) in [5, 5.41) is 0. The van der Waals surface area contributed by atoms with Crippen LogP contribution in [0.5, 0.6) is 11.8 Å². The predicted molar refractivity (Wildman–Crippen MR) is 124 cm³/mol. The largest absolute Gasteiger partial charge is 0.471 e. The molecule has 2 heterocycles. The van der Waals surface area contributed by atoms with Crippen molar-refractivity contribution < 1.29 is 50.9 Å². The van der Waals surface area contributed by atoms with Crippen LogP contribution in [0.4, 0.5) is 17.6 Å². The lowest BCUT2D eigenvalue weighted by Crippen LogP contribution is -2.25. The minimum atomic E-state index is -3.06. The molecule has 0 N–H and O–H groups in total. The van der Waals surface area contributed by atoms with Crippen molar-refractivity contribution in [3.63, 3.8) is 0 Å². The highest BCUT2D eigenvalue weighted by Crippen LogP contribution is 2.24. The second-order valence-corrected chi connectivity index (χ2v) is 7.18. The second-order valence-electron chi connectivity index (χ2n) is 7.18. The van der Waals surface area contributed by atoms with Crippen LogP contribution in [0.2, 0.25) is 0 Å². The van der Waals surface area contributed by atoms with Gasteiger partial charge in [0.2, 0.25) is 11.8 Å². The number of ether oxygens (including phenoxy) is 4. The molecule has 0 aliphatic heterocycles. The molecule has 15 heteroatoms. The number of halogens is 4. The van der Waals surface area contributed by atoms with Gasteiger partial charge in [-0.15, -0.1) is 0 Å². The summed E-state index contributed by atoms with van der Waals surface area (Å²) in [6.07, 6.45) is 2.82. The molecule has 0 saturated carbocycles. The molecule has 0 amide bonds. The molecule has 0 aromatic carbocycles. The fourth-order valence-corrected chi connectivity index (χ4v) is 2.37. The number of hydrogen-bond acceptors (Lipinski definition) is 11. The predicted octanol–water partition coefficient (Wildman–Crippen LogP) is 3.83. The lowest BCUT2D eigenvalue weighted by molar-refractivity contribution is -0.0453. The van der Waals surface area contributed by atoms with Crippen LogP contribution in [-0.2, 0) is 9.47 Å². The van der Waals surface area contributed by atoms with Gasteiger partial charge in [0.05, 0.1) is 19.9 Å². The van der Waals surface area contributed by atoms with Crippen molar-refractivity contribution in [3.05, 3.63) is 41.7 Å². The SMILES string of the molecule is C=Cc1ncnc(OCC(F)(F)CC)c1C(=O)OC.CCC(F)(F)COc1ncnc(C=O)c1C(=O)OC. The number of hydrogen-bond donors (Lipinski definition) is 0. The first-order chi connectivity index (χ1) is 17.9. The number of alkyl halides is 4. The summed E-state index contributed by atoms with van der Waals surface area (Å²) >= 11 is 0. The van der Waals surface area contributed by atoms with Crippen molar-refractivity contribution in [2.24, 2.45) is 0 Å². The molecule has 0 bridgehead atoms. The summed E-state index contributed by atoms with van der Waals surface area (Å²) in [5.41, 5.74) is -0.605. The third-order valence-corrected chi connectivity index (χ3v) is 4.64. The van der Waals surface area contributed by atoms with Crippen molar-refractivity contribution >= 4 is 24.3 Å². The highest BCUT2D eigenvalue weighted by Gasteiger charge is 2.30. The first-order valence-electron chi connectivity index (χ1n) is 10.9. The first-order valence-corrected chi connectivity index (χ1v) is 10.9. The summed E-state index contributed by atoms with van der Waals surface area (Å²) in [5.74, 6) is -8.41. The molecule has 0 atom stereocenters. The van der Waals surface area contributed by atoms with E-state index in [1.807, 2.05) is 0 Å². The molecular formula is C23H26F4N4O7. The summed E-state index contributed by atoms with van der Waals surface area (Å²) in [7, 11) is 2.24. The van der Waals surface area contributed by atoms with Crippen LogP contribution in [0.15, 0.2) is 19.2 Å². The maximum absolute atomic E-state index is 13.1. The molecule has 0 spiro atoms. The van der Waals surface area contributed by atoms with Crippen LogP contribution in [0.25, 0.3) is 6.08 Å². The van der Waals surface area contributed by atoms with Gasteiger partial charge in [0.1, 0.15) is 23.9 Å². The van der Waals surface area contributed by atoms with Gasteiger partial charge in [-0.25, -0.2) is 47.1 Å². The van der Waals surface area contributed by atoms with Crippen molar-refractivity contribution in [1.29, 1.82) is 0 Å². The van der Waals surface area contributed by atoms with Gasteiger partial charge in [-0.2, -0.15) is 0 Å². The Balaban J connectivity index is 0.000000380. The third-order valence-electron chi connectivity index (χ3n) is 4.64. The minimum absolute atomic E-state index is 0.119. The van der Waals surface area contributed by atoms with Gasteiger partial charge in [-0.05, 0) is 6.08 Å². The van der Waals surface area contributed by atoms with E-state index in [0.29, 0.717) is 6.29 Å². The van der Waals surface area contributed by atoms with Crippen molar-refractivity contribution in [2.75, 3.05) is 27.4 Å².